The molecule has 11 heavy (non-hydrogen) atoms. The van der Waals surface area contributed by atoms with Crippen molar-refractivity contribution in [2.24, 2.45) is 15.9 Å². The Hall–Kier alpha value is -0.660. The van der Waals surface area contributed by atoms with E-state index < -0.39 is 0 Å². The summed E-state index contributed by atoms with van der Waals surface area (Å²) in [5.41, 5.74) is 0. The molecule has 0 bridgehead atoms. The summed E-state index contributed by atoms with van der Waals surface area (Å²) in [4.78, 5) is 8.13. The van der Waals surface area contributed by atoms with Gasteiger partial charge in [0.2, 0.25) is 0 Å². The minimum absolute atomic E-state index is 0.383. The number of hydrogen-bond acceptors (Lipinski definition) is 2. The Morgan fingerprint density at radius 3 is 2.82 bits per heavy atom. The maximum absolute atomic E-state index is 4.19. The molecular weight excluding hydrogens is 136 g/mol. The van der Waals surface area contributed by atoms with Gasteiger partial charge in [-0.3, -0.25) is 4.99 Å². The van der Waals surface area contributed by atoms with Gasteiger partial charge in [0.15, 0.2) is 0 Å². The molecular formula is C9H16N2. The van der Waals surface area contributed by atoms with E-state index in [2.05, 4.69) is 23.8 Å². The Morgan fingerprint density at radius 1 is 1.45 bits per heavy atom. The number of aliphatic imine (C=N–C) groups is 2. The molecule has 0 aromatic heterocycles. The van der Waals surface area contributed by atoms with Crippen molar-refractivity contribution in [3.05, 3.63) is 0 Å². The molecule has 0 saturated carbocycles. The highest BCUT2D eigenvalue weighted by atomic mass is 14.9. The van der Waals surface area contributed by atoms with Crippen LogP contribution < -0.4 is 0 Å². The molecule has 0 radical (unpaired) electrons. The van der Waals surface area contributed by atoms with E-state index in [1.807, 2.05) is 6.21 Å². The van der Waals surface area contributed by atoms with Crippen molar-refractivity contribution < 1.29 is 0 Å². The predicted octanol–water partition coefficient (Wildman–Crippen LogP) is 2.29. The van der Waals surface area contributed by atoms with Gasteiger partial charge in [0.25, 0.3) is 0 Å². The lowest BCUT2D eigenvalue weighted by atomic mass is 10.0. The summed E-state index contributed by atoms with van der Waals surface area (Å²) in [6, 6.07) is 0.383. The summed E-state index contributed by atoms with van der Waals surface area (Å²) in [5, 5.41) is 0. The second-order valence-electron chi connectivity index (χ2n) is 3.45. The van der Waals surface area contributed by atoms with E-state index >= 15 is 0 Å². The zero-order chi connectivity index (χ0) is 8.10. The minimum Gasteiger partial charge on any atom is -0.264 e. The SMILES string of the molecule is CC(C)CCCC1C=NC=N1. The van der Waals surface area contributed by atoms with Gasteiger partial charge in [0.1, 0.15) is 6.34 Å². The molecule has 0 spiro atoms. The third kappa shape index (κ3) is 3.30. The highest BCUT2D eigenvalue weighted by molar-refractivity contribution is 5.82. The topological polar surface area (TPSA) is 24.7 Å². The van der Waals surface area contributed by atoms with Crippen LogP contribution in [0.5, 0.6) is 0 Å². The Bertz CT molecular complexity index is 147. The summed E-state index contributed by atoms with van der Waals surface area (Å²) in [7, 11) is 0. The Morgan fingerprint density at radius 2 is 2.27 bits per heavy atom. The van der Waals surface area contributed by atoms with E-state index in [0.717, 1.165) is 12.3 Å². The van der Waals surface area contributed by atoms with E-state index in [1.54, 1.807) is 6.34 Å². The van der Waals surface area contributed by atoms with Crippen LogP contribution in [-0.2, 0) is 0 Å². The van der Waals surface area contributed by atoms with Crippen LogP contribution in [-0.4, -0.2) is 18.6 Å². The van der Waals surface area contributed by atoms with Gasteiger partial charge in [-0.1, -0.05) is 26.7 Å². The number of nitrogens with zero attached hydrogens (tertiary/aromatic N) is 2. The molecule has 0 N–H and O–H groups in total. The lowest BCUT2D eigenvalue weighted by molar-refractivity contribution is 0.532. The van der Waals surface area contributed by atoms with Gasteiger partial charge in [0, 0.05) is 6.21 Å². The monoisotopic (exact) mass is 152 g/mol. The smallest absolute Gasteiger partial charge is 0.110 e. The van der Waals surface area contributed by atoms with Gasteiger partial charge in [-0.15, -0.1) is 0 Å². The molecule has 1 heterocycles. The second kappa shape index (κ2) is 4.27. The van der Waals surface area contributed by atoms with Crippen LogP contribution in [0.3, 0.4) is 0 Å². The molecule has 1 rings (SSSR count). The molecule has 2 heteroatoms. The lowest BCUT2D eigenvalue weighted by Crippen LogP contribution is -2.02. The summed E-state index contributed by atoms with van der Waals surface area (Å²) in [5.74, 6) is 0.817. The first-order valence-corrected chi connectivity index (χ1v) is 4.34. The highest BCUT2D eigenvalue weighted by Gasteiger charge is 2.05. The average molecular weight is 152 g/mol. The molecule has 62 valence electrons. The molecule has 1 aliphatic rings. The largest absolute Gasteiger partial charge is 0.264 e. The van der Waals surface area contributed by atoms with E-state index in [-0.39, 0.29) is 0 Å². The van der Waals surface area contributed by atoms with Gasteiger partial charge in [-0.2, -0.15) is 0 Å². The standard InChI is InChI=1S/C9H16N2/c1-8(2)4-3-5-9-6-10-7-11-9/h6-9H,3-5H2,1-2H3. The van der Waals surface area contributed by atoms with Crippen molar-refractivity contribution >= 4 is 12.6 Å². The molecule has 0 saturated heterocycles. The van der Waals surface area contributed by atoms with Crippen LogP contribution in [0.25, 0.3) is 0 Å². The molecule has 1 atom stereocenters. The molecule has 0 amide bonds. The third-order valence-corrected chi connectivity index (χ3v) is 1.86. The van der Waals surface area contributed by atoms with E-state index in [9.17, 15) is 0 Å². The minimum atomic E-state index is 0.383. The Balaban J connectivity index is 2.03. The van der Waals surface area contributed by atoms with Crippen molar-refractivity contribution in [1.29, 1.82) is 0 Å². The first-order chi connectivity index (χ1) is 5.29. The quantitative estimate of drug-likeness (QED) is 0.590. The van der Waals surface area contributed by atoms with Crippen molar-refractivity contribution in [2.75, 3.05) is 0 Å². The maximum Gasteiger partial charge on any atom is 0.110 e. The van der Waals surface area contributed by atoms with Crippen molar-refractivity contribution in [3.8, 4) is 0 Å². The molecule has 1 aliphatic heterocycles. The van der Waals surface area contributed by atoms with Crippen LogP contribution in [0.15, 0.2) is 9.98 Å². The molecule has 2 nitrogen and oxygen atoms in total. The van der Waals surface area contributed by atoms with E-state index in [1.165, 1.54) is 12.8 Å². The number of rotatable bonds is 4. The fraction of sp³-hybridized carbons (Fsp3) is 0.778. The first-order valence-electron chi connectivity index (χ1n) is 4.34. The van der Waals surface area contributed by atoms with Crippen LogP contribution in [0.2, 0.25) is 0 Å². The fourth-order valence-electron chi connectivity index (χ4n) is 1.18. The van der Waals surface area contributed by atoms with E-state index in [0.29, 0.717) is 6.04 Å². The molecule has 0 aromatic carbocycles. The second-order valence-corrected chi connectivity index (χ2v) is 3.45. The number of hydrogen-bond donors (Lipinski definition) is 0. The molecule has 1 unspecified atom stereocenters. The summed E-state index contributed by atoms with van der Waals surface area (Å²) in [6.45, 7) is 4.51. The Kier molecular flexibility index (Phi) is 3.27. The van der Waals surface area contributed by atoms with Gasteiger partial charge in [-0.05, 0) is 12.3 Å². The molecule has 0 fully saturated rings. The van der Waals surface area contributed by atoms with E-state index in [4.69, 9.17) is 0 Å². The summed E-state index contributed by atoms with van der Waals surface area (Å²) < 4.78 is 0. The van der Waals surface area contributed by atoms with Crippen LogP contribution in [0, 0.1) is 5.92 Å². The lowest BCUT2D eigenvalue weighted by Gasteiger charge is -2.05. The van der Waals surface area contributed by atoms with Crippen LogP contribution in [0.1, 0.15) is 33.1 Å². The first kappa shape index (κ1) is 8.44. The van der Waals surface area contributed by atoms with Crippen molar-refractivity contribution in [3.63, 3.8) is 0 Å². The van der Waals surface area contributed by atoms with Crippen LogP contribution >= 0.6 is 0 Å². The Labute approximate surface area is 68.4 Å². The molecule has 0 aromatic rings. The predicted molar refractivity (Wildman–Crippen MR) is 49.5 cm³/mol. The zero-order valence-electron chi connectivity index (χ0n) is 7.33. The maximum atomic E-state index is 4.19. The highest BCUT2D eigenvalue weighted by Crippen LogP contribution is 2.10. The summed E-state index contributed by atoms with van der Waals surface area (Å²) >= 11 is 0. The van der Waals surface area contributed by atoms with Crippen LogP contribution in [0.4, 0.5) is 0 Å². The fourth-order valence-corrected chi connectivity index (χ4v) is 1.18. The van der Waals surface area contributed by atoms with Gasteiger partial charge >= 0.3 is 0 Å². The zero-order valence-corrected chi connectivity index (χ0v) is 7.33. The van der Waals surface area contributed by atoms with Crippen molar-refractivity contribution in [2.45, 2.75) is 39.2 Å². The van der Waals surface area contributed by atoms with Gasteiger partial charge in [-0.25, -0.2) is 4.99 Å². The normalized spacial score (nSPS) is 21.9. The van der Waals surface area contributed by atoms with Gasteiger partial charge in [0.05, 0.1) is 6.04 Å². The third-order valence-electron chi connectivity index (χ3n) is 1.86. The molecule has 0 aliphatic carbocycles. The average Bonchev–Trinajstić information content (AvgIpc) is 2.39. The van der Waals surface area contributed by atoms with Gasteiger partial charge < -0.3 is 0 Å². The summed E-state index contributed by atoms with van der Waals surface area (Å²) in [6.07, 6.45) is 7.32. The van der Waals surface area contributed by atoms with Crippen molar-refractivity contribution in [1.82, 2.24) is 0 Å².